The summed E-state index contributed by atoms with van der Waals surface area (Å²) in [5.41, 5.74) is 0.508. The van der Waals surface area contributed by atoms with Gasteiger partial charge in [0.15, 0.2) is 0 Å². The van der Waals surface area contributed by atoms with Gasteiger partial charge in [-0.2, -0.15) is 0 Å². The molecule has 20 heavy (non-hydrogen) atoms. The first kappa shape index (κ1) is 15.4. The van der Waals surface area contributed by atoms with Crippen LogP contribution in [0.25, 0.3) is 0 Å². The molecule has 0 bridgehead atoms. The fraction of sp³-hybridized carbons (Fsp3) is 0.625. The molecule has 112 valence electrons. The average molecular weight is 282 g/mol. The van der Waals surface area contributed by atoms with Crippen molar-refractivity contribution in [3.8, 4) is 0 Å². The van der Waals surface area contributed by atoms with Crippen molar-refractivity contribution in [1.82, 2.24) is 10.2 Å². The van der Waals surface area contributed by atoms with Gasteiger partial charge in [0.2, 0.25) is 0 Å². The zero-order valence-corrected chi connectivity index (χ0v) is 12.3. The highest BCUT2D eigenvalue weighted by Gasteiger charge is 2.31. The van der Waals surface area contributed by atoms with E-state index in [1.54, 1.807) is 0 Å². The summed E-state index contributed by atoms with van der Waals surface area (Å²) in [5, 5.41) is 3.20. The van der Waals surface area contributed by atoms with Crippen LogP contribution in [0.2, 0.25) is 0 Å². The Hall–Kier alpha value is -1.00. The summed E-state index contributed by atoms with van der Waals surface area (Å²) in [5.74, 6) is -0.332. The highest BCUT2D eigenvalue weighted by atomic mass is 19.1. The predicted molar refractivity (Wildman–Crippen MR) is 77.6 cm³/mol. The van der Waals surface area contributed by atoms with Gasteiger partial charge in [0.05, 0.1) is 0 Å². The summed E-state index contributed by atoms with van der Waals surface area (Å²) >= 11 is 0. The SMILES string of the molecule is CCN1CCCCC(CNC)C1c1cc(F)ccc1F. The van der Waals surface area contributed by atoms with Gasteiger partial charge in [0, 0.05) is 11.6 Å². The zero-order valence-electron chi connectivity index (χ0n) is 12.3. The van der Waals surface area contributed by atoms with Crippen molar-refractivity contribution in [2.24, 2.45) is 5.92 Å². The summed E-state index contributed by atoms with van der Waals surface area (Å²) in [6, 6.07) is 3.78. The second kappa shape index (κ2) is 7.14. The van der Waals surface area contributed by atoms with E-state index in [0.29, 0.717) is 11.5 Å². The molecule has 1 saturated heterocycles. The van der Waals surface area contributed by atoms with Crippen LogP contribution in [-0.4, -0.2) is 31.6 Å². The van der Waals surface area contributed by atoms with Crippen LogP contribution in [0.1, 0.15) is 37.8 Å². The molecule has 0 amide bonds. The van der Waals surface area contributed by atoms with E-state index in [-0.39, 0.29) is 17.7 Å². The Morgan fingerprint density at radius 2 is 2.10 bits per heavy atom. The normalized spacial score (nSPS) is 24.6. The smallest absolute Gasteiger partial charge is 0.128 e. The Balaban J connectivity index is 2.40. The summed E-state index contributed by atoms with van der Waals surface area (Å²) in [6.45, 7) is 4.74. The summed E-state index contributed by atoms with van der Waals surface area (Å²) < 4.78 is 27.7. The van der Waals surface area contributed by atoms with Gasteiger partial charge >= 0.3 is 0 Å². The van der Waals surface area contributed by atoms with Crippen molar-refractivity contribution in [3.05, 3.63) is 35.4 Å². The minimum absolute atomic E-state index is 0.0364. The van der Waals surface area contributed by atoms with Crippen molar-refractivity contribution in [2.75, 3.05) is 26.7 Å². The number of halogens is 2. The third-order valence-corrected chi connectivity index (χ3v) is 4.26. The number of hydrogen-bond donors (Lipinski definition) is 1. The molecule has 2 rings (SSSR count). The molecular weight excluding hydrogens is 258 g/mol. The highest BCUT2D eigenvalue weighted by Crippen LogP contribution is 2.36. The Morgan fingerprint density at radius 1 is 1.30 bits per heavy atom. The van der Waals surface area contributed by atoms with E-state index in [4.69, 9.17) is 0 Å². The largest absolute Gasteiger partial charge is 0.319 e. The lowest BCUT2D eigenvalue weighted by Crippen LogP contribution is -2.36. The number of rotatable bonds is 4. The van der Waals surface area contributed by atoms with Crippen molar-refractivity contribution in [1.29, 1.82) is 0 Å². The van der Waals surface area contributed by atoms with Crippen LogP contribution in [-0.2, 0) is 0 Å². The zero-order chi connectivity index (χ0) is 14.5. The molecule has 1 aromatic carbocycles. The van der Waals surface area contributed by atoms with Crippen LogP contribution in [0, 0.1) is 17.6 Å². The molecule has 0 aromatic heterocycles. The average Bonchev–Trinajstić information content (AvgIpc) is 2.64. The maximum atomic E-state index is 14.2. The number of hydrogen-bond acceptors (Lipinski definition) is 2. The fourth-order valence-corrected chi connectivity index (χ4v) is 3.34. The quantitative estimate of drug-likeness (QED) is 0.911. The molecule has 0 radical (unpaired) electrons. The molecule has 1 N–H and O–H groups in total. The summed E-state index contributed by atoms with van der Waals surface area (Å²) in [7, 11) is 1.92. The van der Waals surface area contributed by atoms with Gasteiger partial charge in [-0.3, -0.25) is 4.90 Å². The molecule has 2 nitrogen and oxygen atoms in total. The molecule has 1 aliphatic rings. The van der Waals surface area contributed by atoms with Crippen molar-refractivity contribution in [2.45, 2.75) is 32.2 Å². The molecule has 2 unspecified atom stereocenters. The highest BCUT2D eigenvalue weighted by molar-refractivity contribution is 5.23. The molecular formula is C16H24F2N2. The molecule has 0 aliphatic carbocycles. The Labute approximate surface area is 120 Å². The second-order valence-electron chi connectivity index (χ2n) is 5.55. The van der Waals surface area contributed by atoms with E-state index in [0.717, 1.165) is 38.9 Å². The number of nitrogens with one attached hydrogen (secondary N) is 1. The molecule has 0 spiro atoms. The van der Waals surface area contributed by atoms with Crippen LogP contribution in [0.3, 0.4) is 0 Å². The standard InChI is InChI=1S/C16H24F2N2/c1-3-20-9-5-4-6-12(11-19-2)16(20)14-10-13(17)7-8-15(14)18/h7-8,10,12,16,19H,3-6,9,11H2,1-2H3. The van der Waals surface area contributed by atoms with Gasteiger partial charge in [-0.15, -0.1) is 0 Å². The van der Waals surface area contributed by atoms with Gasteiger partial charge in [-0.25, -0.2) is 8.78 Å². The predicted octanol–water partition coefficient (Wildman–Crippen LogP) is 3.35. The van der Waals surface area contributed by atoms with Gasteiger partial charge < -0.3 is 5.32 Å². The van der Waals surface area contributed by atoms with Crippen LogP contribution < -0.4 is 5.32 Å². The lowest BCUT2D eigenvalue weighted by atomic mass is 9.88. The molecule has 1 fully saturated rings. The third kappa shape index (κ3) is 3.36. The number of benzene rings is 1. The topological polar surface area (TPSA) is 15.3 Å². The summed E-state index contributed by atoms with van der Waals surface area (Å²) in [4.78, 5) is 2.28. The van der Waals surface area contributed by atoms with Gasteiger partial charge in [-0.05, 0) is 63.6 Å². The van der Waals surface area contributed by atoms with Crippen molar-refractivity contribution < 1.29 is 8.78 Å². The van der Waals surface area contributed by atoms with E-state index < -0.39 is 0 Å². The van der Waals surface area contributed by atoms with E-state index in [9.17, 15) is 8.78 Å². The molecule has 2 atom stereocenters. The van der Waals surface area contributed by atoms with Crippen LogP contribution in [0.4, 0.5) is 8.78 Å². The van der Waals surface area contributed by atoms with Crippen LogP contribution in [0.15, 0.2) is 18.2 Å². The van der Waals surface area contributed by atoms with E-state index in [1.165, 1.54) is 18.2 Å². The minimum atomic E-state index is -0.357. The number of nitrogens with zero attached hydrogens (tertiary/aromatic N) is 1. The molecule has 1 aromatic rings. The molecule has 1 heterocycles. The first-order valence-corrected chi connectivity index (χ1v) is 7.51. The van der Waals surface area contributed by atoms with Crippen molar-refractivity contribution in [3.63, 3.8) is 0 Å². The Bertz CT molecular complexity index is 436. The molecule has 4 heteroatoms. The molecule has 0 saturated carbocycles. The maximum Gasteiger partial charge on any atom is 0.128 e. The first-order chi connectivity index (χ1) is 9.67. The lowest BCUT2D eigenvalue weighted by Gasteiger charge is -2.35. The molecule has 1 aliphatic heterocycles. The third-order valence-electron chi connectivity index (χ3n) is 4.26. The van der Waals surface area contributed by atoms with E-state index in [1.807, 2.05) is 7.05 Å². The van der Waals surface area contributed by atoms with Gasteiger partial charge in [-0.1, -0.05) is 13.3 Å². The number of likely N-dealkylation sites (tertiary alicyclic amines) is 1. The Morgan fingerprint density at radius 3 is 2.80 bits per heavy atom. The summed E-state index contributed by atoms with van der Waals surface area (Å²) in [6.07, 6.45) is 3.33. The first-order valence-electron chi connectivity index (χ1n) is 7.51. The monoisotopic (exact) mass is 282 g/mol. The lowest BCUT2D eigenvalue weighted by molar-refractivity contribution is 0.158. The van der Waals surface area contributed by atoms with Crippen LogP contribution >= 0.6 is 0 Å². The Kier molecular flexibility index (Phi) is 5.49. The van der Waals surface area contributed by atoms with Crippen molar-refractivity contribution >= 4 is 0 Å². The van der Waals surface area contributed by atoms with E-state index in [2.05, 4.69) is 17.1 Å². The minimum Gasteiger partial charge on any atom is -0.319 e. The second-order valence-corrected chi connectivity index (χ2v) is 5.55. The maximum absolute atomic E-state index is 14.2. The van der Waals surface area contributed by atoms with Crippen LogP contribution in [0.5, 0.6) is 0 Å². The van der Waals surface area contributed by atoms with E-state index >= 15 is 0 Å². The van der Waals surface area contributed by atoms with Gasteiger partial charge in [0.1, 0.15) is 11.6 Å². The fourth-order valence-electron chi connectivity index (χ4n) is 3.34. The van der Waals surface area contributed by atoms with Gasteiger partial charge in [0.25, 0.3) is 0 Å².